The maximum absolute atomic E-state index is 4.36. The van der Waals surface area contributed by atoms with Gasteiger partial charge < -0.3 is 10.2 Å². The zero-order chi connectivity index (χ0) is 15.4. The average Bonchev–Trinajstić information content (AvgIpc) is 3.11. The Balaban J connectivity index is 1.58. The molecular formula is C19H35N3. The summed E-state index contributed by atoms with van der Waals surface area (Å²) in [5.74, 6) is 0.831. The predicted molar refractivity (Wildman–Crippen MR) is 94.0 cm³/mol. The van der Waals surface area contributed by atoms with Crippen LogP contribution in [-0.2, 0) is 0 Å². The van der Waals surface area contributed by atoms with Crippen molar-refractivity contribution in [3.8, 4) is 0 Å². The van der Waals surface area contributed by atoms with Crippen molar-refractivity contribution < 1.29 is 0 Å². The van der Waals surface area contributed by atoms with E-state index in [1.54, 1.807) is 0 Å². The van der Waals surface area contributed by atoms with E-state index in [1.165, 1.54) is 89.7 Å². The first-order valence-corrected chi connectivity index (χ1v) is 9.64. The summed E-state index contributed by atoms with van der Waals surface area (Å²) in [7, 11) is 2.05. The lowest BCUT2D eigenvalue weighted by Crippen LogP contribution is -2.51. The van der Waals surface area contributed by atoms with Crippen LogP contribution < -0.4 is 5.32 Å². The number of nitrogens with one attached hydrogen (secondary N) is 1. The lowest BCUT2D eigenvalue weighted by Gasteiger charge is -2.44. The largest absolute Gasteiger partial charge is 0.391 e. The summed E-state index contributed by atoms with van der Waals surface area (Å²) in [4.78, 5) is 5.50. The maximum Gasteiger partial charge on any atom is 0.0517 e. The molecule has 3 aliphatic rings. The van der Waals surface area contributed by atoms with Gasteiger partial charge in [-0.05, 0) is 57.5 Å². The van der Waals surface area contributed by atoms with E-state index in [-0.39, 0.29) is 0 Å². The van der Waals surface area contributed by atoms with Crippen LogP contribution in [0.5, 0.6) is 0 Å². The van der Waals surface area contributed by atoms with Gasteiger partial charge in [-0.2, -0.15) is 0 Å². The second-order valence-electron chi connectivity index (χ2n) is 7.63. The van der Waals surface area contributed by atoms with Gasteiger partial charge in [0.1, 0.15) is 0 Å². The third-order valence-corrected chi connectivity index (χ3v) is 6.32. The van der Waals surface area contributed by atoms with E-state index in [0.717, 1.165) is 12.0 Å². The highest BCUT2D eigenvalue weighted by atomic mass is 15.2. The molecule has 1 N–H and O–H groups in total. The first kappa shape index (κ1) is 16.3. The van der Waals surface area contributed by atoms with Crippen molar-refractivity contribution in [2.75, 3.05) is 33.2 Å². The second-order valence-corrected chi connectivity index (χ2v) is 7.63. The highest BCUT2D eigenvalue weighted by Gasteiger charge is 2.34. The van der Waals surface area contributed by atoms with Crippen molar-refractivity contribution in [1.82, 2.24) is 15.1 Å². The fraction of sp³-hybridized carbons (Fsp3) is 0.895. The van der Waals surface area contributed by atoms with Crippen molar-refractivity contribution in [3.05, 3.63) is 12.3 Å². The lowest BCUT2D eigenvalue weighted by molar-refractivity contribution is 0.0738. The molecule has 0 spiro atoms. The van der Waals surface area contributed by atoms with E-state index in [9.17, 15) is 0 Å². The molecule has 1 aliphatic carbocycles. The maximum atomic E-state index is 4.36. The molecule has 2 saturated heterocycles. The van der Waals surface area contributed by atoms with Gasteiger partial charge in [-0.25, -0.2) is 0 Å². The Hall–Kier alpha value is -0.540. The molecule has 0 aromatic heterocycles. The quantitative estimate of drug-likeness (QED) is 0.841. The van der Waals surface area contributed by atoms with Gasteiger partial charge >= 0.3 is 0 Å². The van der Waals surface area contributed by atoms with Crippen molar-refractivity contribution in [2.45, 2.75) is 69.9 Å². The Bertz CT molecular complexity index is 348. The van der Waals surface area contributed by atoms with E-state index >= 15 is 0 Å². The van der Waals surface area contributed by atoms with E-state index in [1.807, 2.05) is 0 Å². The number of nitrogens with zero attached hydrogens (tertiary/aromatic N) is 2. The molecule has 2 aliphatic heterocycles. The average molecular weight is 306 g/mol. The molecule has 1 saturated carbocycles. The summed E-state index contributed by atoms with van der Waals surface area (Å²) in [6, 6.07) is 1.43. The summed E-state index contributed by atoms with van der Waals surface area (Å²) < 4.78 is 0. The topological polar surface area (TPSA) is 18.5 Å². The molecule has 0 amide bonds. The van der Waals surface area contributed by atoms with Crippen LogP contribution in [0.2, 0.25) is 0 Å². The third-order valence-electron chi connectivity index (χ3n) is 6.32. The highest BCUT2D eigenvalue weighted by molar-refractivity contribution is 5.07. The van der Waals surface area contributed by atoms with Crippen LogP contribution in [0, 0.1) is 5.92 Å². The monoisotopic (exact) mass is 305 g/mol. The van der Waals surface area contributed by atoms with Gasteiger partial charge in [0.2, 0.25) is 0 Å². The summed E-state index contributed by atoms with van der Waals surface area (Å²) in [6.07, 6.45) is 12.6. The van der Waals surface area contributed by atoms with Gasteiger partial charge in [-0.15, -0.1) is 0 Å². The van der Waals surface area contributed by atoms with E-state index < -0.39 is 0 Å². The van der Waals surface area contributed by atoms with Gasteiger partial charge in [0, 0.05) is 31.9 Å². The smallest absolute Gasteiger partial charge is 0.0517 e. The number of rotatable bonds is 5. The van der Waals surface area contributed by atoms with Crippen LogP contribution in [0.15, 0.2) is 12.3 Å². The summed E-state index contributed by atoms with van der Waals surface area (Å²) >= 11 is 0. The Kier molecular flexibility index (Phi) is 5.81. The molecule has 3 fully saturated rings. The first-order chi connectivity index (χ1) is 10.8. The van der Waals surface area contributed by atoms with Crippen LogP contribution in [-0.4, -0.2) is 55.1 Å². The molecule has 2 heterocycles. The Morgan fingerprint density at radius 3 is 2.14 bits per heavy atom. The normalized spacial score (nSPS) is 27.9. The van der Waals surface area contributed by atoms with E-state index in [0.29, 0.717) is 6.04 Å². The zero-order valence-electron chi connectivity index (χ0n) is 14.5. The minimum atomic E-state index is 0.574. The molecule has 0 aromatic carbocycles. The molecule has 1 atom stereocenters. The lowest BCUT2D eigenvalue weighted by atomic mass is 9.81. The van der Waals surface area contributed by atoms with Gasteiger partial charge in [0.15, 0.2) is 0 Å². The Labute approximate surface area is 137 Å². The van der Waals surface area contributed by atoms with Gasteiger partial charge in [-0.3, -0.25) is 4.90 Å². The number of hydrogen-bond acceptors (Lipinski definition) is 3. The SMILES string of the molecule is C=C(NC)C(C1CCCCC1)N1CCC(N2CCCC2)CC1. The molecule has 0 aromatic rings. The molecule has 22 heavy (non-hydrogen) atoms. The van der Waals surface area contributed by atoms with E-state index in [4.69, 9.17) is 0 Å². The van der Waals surface area contributed by atoms with Crippen molar-refractivity contribution in [2.24, 2.45) is 5.92 Å². The van der Waals surface area contributed by atoms with Crippen LogP contribution in [0.25, 0.3) is 0 Å². The molecule has 1 unspecified atom stereocenters. The predicted octanol–water partition coefficient (Wildman–Crippen LogP) is 3.23. The molecule has 0 bridgehead atoms. The summed E-state index contributed by atoms with van der Waals surface area (Å²) in [5, 5.41) is 3.38. The number of piperidine rings is 1. The Morgan fingerprint density at radius 2 is 1.55 bits per heavy atom. The zero-order valence-corrected chi connectivity index (χ0v) is 14.5. The molecule has 3 heteroatoms. The standard InChI is InChI=1S/C19H35N3/c1-16(20-2)19(17-8-4-3-5-9-17)22-14-10-18(11-15-22)21-12-6-7-13-21/h17-20H,1,3-15H2,2H3. The molecular weight excluding hydrogens is 270 g/mol. The second kappa shape index (κ2) is 7.83. The van der Waals surface area contributed by atoms with Crippen molar-refractivity contribution >= 4 is 0 Å². The van der Waals surface area contributed by atoms with Crippen molar-refractivity contribution in [1.29, 1.82) is 0 Å². The van der Waals surface area contributed by atoms with Crippen LogP contribution >= 0.6 is 0 Å². The van der Waals surface area contributed by atoms with Crippen LogP contribution in [0.1, 0.15) is 57.8 Å². The van der Waals surface area contributed by atoms with Gasteiger partial charge in [-0.1, -0.05) is 25.8 Å². The van der Waals surface area contributed by atoms with Crippen LogP contribution in [0.3, 0.4) is 0 Å². The molecule has 3 nitrogen and oxygen atoms in total. The van der Waals surface area contributed by atoms with Crippen LogP contribution in [0.4, 0.5) is 0 Å². The van der Waals surface area contributed by atoms with Gasteiger partial charge in [0.05, 0.1) is 6.04 Å². The minimum absolute atomic E-state index is 0.574. The molecule has 0 radical (unpaired) electrons. The van der Waals surface area contributed by atoms with Crippen molar-refractivity contribution in [3.63, 3.8) is 0 Å². The third kappa shape index (κ3) is 3.68. The highest BCUT2D eigenvalue weighted by Crippen LogP contribution is 2.33. The number of hydrogen-bond donors (Lipinski definition) is 1. The van der Waals surface area contributed by atoms with Gasteiger partial charge in [0.25, 0.3) is 0 Å². The fourth-order valence-corrected chi connectivity index (χ4v) is 5.04. The molecule has 3 rings (SSSR count). The number of likely N-dealkylation sites (tertiary alicyclic amines) is 2. The summed E-state index contributed by atoms with van der Waals surface area (Å²) in [5.41, 5.74) is 1.26. The Morgan fingerprint density at radius 1 is 0.909 bits per heavy atom. The number of likely N-dealkylation sites (N-methyl/N-ethyl adjacent to an activating group) is 1. The van der Waals surface area contributed by atoms with E-state index in [2.05, 4.69) is 28.7 Å². The summed E-state index contributed by atoms with van der Waals surface area (Å²) in [6.45, 7) is 9.59. The first-order valence-electron chi connectivity index (χ1n) is 9.64. The minimum Gasteiger partial charge on any atom is -0.391 e. The molecule has 126 valence electrons. The fourth-order valence-electron chi connectivity index (χ4n) is 5.04.